The molecule has 3 aromatic rings. The fourth-order valence-electron chi connectivity index (χ4n) is 2.20. The Bertz CT molecular complexity index is 854. The molecule has 3 rings (SSSR count). The van der Waals surface area contributed by atoms with Crippen LogP contribution in [0, 0.1) is 13.8 Å². The van der Waals surface area contributed by atoms with Crippen LogP contribution in [0.4, 0.5) is 0 Å². The van der Waals surface area contributed by atoms with E-state index in [9.17, 15) is 0 Å². The van der Waals surface area contributed by atoms with Gasteiger partial charge in [-0.3, -0.25) is 4.99 Å². The highest BCUT2D eigenvalue weighted by atomic mass is 32.1. The van der Waals surface area contributed by atoms with Crippen molar-refractivity contribution in [3.8, 4) is 0 Å². The van der Waals surface area contributed by atoms with Gasteiger partial charge < -0.3 is 0 Å². The van der Waals surface area contributed by atoms with Gasteiger partial charge in [-0.1, -0.05) is 30.3 Å². The summed E-state index contributed by atoms with van der Waals surface area (Å²) in [6, 6.07) is 14.7. The molecule has 0 radical (unpaired) electrons. The van der Waals surface area contributed by atoms with Crippen molar-refractivity contribution in [3.05, 3.63) is 73.7 Å². The van der Waals surface area contributed by atoms with Crippen molar-refractivity contribution in [1.29, 1.82) is 0 Å². The monoisotopic (exact) mass is 341 g/mol. The molecule has 0 amide bonds. The molecule has 0 N–H and O–H groups in total. The van der Waals surface area contributed by atoms with Crippen molar-refractivity contribution in [2.75, 3.05) is 6.54 Å². The zero-order chi connectivity index (χ0) is 16.1. The molecular weight excluding hydrogens is 322 g/mol. The Kier molecular flexibility index (Phi) is 5.20. The highest BCUT2D eigenvalue weighted by Crippen LogP contribution is 2.12. The summed E-state index contributed by atoms with van der Waals surface area (Å²) in [6.07, 6.45) is 2.86. The van der Waals surface area contributed by atoms with E-state index in [1.807, 2.05) is 17.0 Å². The second-order valence-electron chi connectivity index (χ2n) is 5.28. The molecule has 0 fully saturated rings. The fraction of sp³-hybridized carbons (Fsp3) is 0.222. The molecule has 0 aliphatic carbocycles. The van der Waals surface area contributed by atoms with Gasteiger partial charge in [-0.15, -0.1) is 22.7 Å². The Morgan fingerprint density at radius 3 is 2.65 bits per heavy atom. The first kappa shape index (κ1) is 15.9. The number of rotatable bonds is 5. The van der Waals surface area contributed by atoms with Crippen LogP contribution in [0.15, 0.2) is 57.9 Å². The van der Waals surface area contributed by atoms with Crippen molar-refractivity contribution in [2.45, 2.75) is 20.3 Å². The van der Waals surface area contributed by atoms with Gasteiger partial charge in [0, 0.05) is 21.7 Å². The van der Waals surface area contributed by atoms with Crippen LogP contribution in [0.2, 0.25) is 0 Å². The highest BCUT2D eigenvalue weighted by Gasteiger charge is 2.00. The predicted octanol–water partition coefficient (Wildman–Crippen LogP) is 4.25. The van der Waals surface area contributed by atoms with Crippen molar-refractivity contribution in [3.63, 3.8) is 0 Å². The van der Waals surface area contributed by atoms with Crippen LogP contribution in [0.1, 0.15) is 21.0 Å². The second-order valence-corrected chi connectivity index (χ2v) is 7.44. The average Bonchev–Trinajstić information content (AvgIpc) is 3.13. The predicted molar refractivity (Wildman–Crippen MR) is 99.7 cm³/mol. The van der Waals surface area contributed by atoms with Gasteiger partial charge in [0.2, 0.25) is 4.80 Å². The SMILES string of the molecule is Cc1ccc(C=Nn2c(C)csc2=NCCc2ccccc2)s1. The molecule has 1 aromatic carbocycles. The molecule has 118 valence electrons. The first-order valence-electron chi connectivity index (χ1n) is 7.55. The summed E-state index contributed by atoms with van der Waals surface area (Å²) in [7, 11) is 0. The van der Waals surface area contributed by atoms with Crippen LogP contribution in [0.5, 0.6) is 0 Å². The van der Waals surface area contributed by atoms with Crippen molar-refractivity contribution in [2.24, 2.45) is 10.1 Å². The number of benzene rings is 1. The van der Waals surface area contributed by atoms with Crippen LogP contribution in [-0.2, 0) is 6.42 Å². The first-order chi connectivity index (χ1) is 11.2. The van der Waals surface area contributed by atoms with E-state index >= 15 is 0 Å². The second kappa shape index (κ2) is 7.53. The number of aryl methyl sites for hydroxylation is 2. The minimum Gasteiger partial charge on any atom is -0.257 e. The lowest BCUT2D eigenvalue weighted by Gasteiger charge is -1.98. The normalized spacial score (nSPS) is 12.3. The molecule has 0 saturated carbocycles. The summed E-state index contributed by atoms with van der Waals surface area (Å²) in [5, 5.41) is 6.69. The molecule has 0 atom stereocenters. The van der Waals surface area contributed by atoms with Gasteiger partial charge >= 0.3 is 0 Å². The molecule has 0 aliphatic heterocycles. The lowest BCUT2D eigenvalue weighted by Crippen LogP contribution is -2.13. The molecule has 0 aliphatic rings. The number of thiophene rings is 1. The molecule has 0 saturated heterocycles. The number of hydrogen-bond donors (Lipinski definition) is 0. The summed E-state index contributed by atoms with van der Waals surface area (Å²) in [6.45, 7) is 4.94. The highest BCUT2D eigenvalue weighted by molar-refractivity contribution is 7.13. The van der Waals surface area contributed by atoms with Crippen LogP contribution in [-0.4, -0.2) is 17.4 Å². The molecule has 0 bridgehead atoms. The van der Waals surface area contributed by atoms with Crippen molar-refractivity contribution >= 4 is 28.9 Å². The van der Waals surface area contributed by atoms with Gasteiger partial charge in [-0.05, 0) is 38.0 Å². The zero-order valence-electron chi connectivity index (χ0n) is 13.3. The van der Waals surface area contributed by atoms with E-state index in [2.05, 4.69) is 60.7 Å². The Hall–Kier alpha value is -1.98. The Morgan fingerprint density at radius 2 is 1.91 bits per heavy atom. The Labute approximate surface area is 144 Å². The third kappa shape index (κ3) is 4.27. The molecule has 5 heteroatoms. The summed E-state index contributed by atoms with van der Waals surface area (Å²) >= 11 is 3.38. The summed E-state index contributed by atoms with van der Waals surface area (Å²) in [4.78, 5) is 8.12. The Balaban J connectivity index is 1.75. The van der Waals surface area contributed by atoms with Crippen LogP contribution in [0.3, 0.4) is 0 Å². The minimum absolute atomic E-state index is 0.775. The maximum absolute atomic E-state index is 4.71. The van der Waals surface area contributed by atoms with Gasteiger partial charge in [-0.25, -0.2) is 4.68 Å². The lowest BCUT2D eigenvalue weighted by atomic mass is 10.2. The van der Waals surface area contributed by atoms with Crippen LogP contribution < -0.4 is 4.80 Å². The quantitative estimate of drug-likeness (QED) is 0.621. The molecule has 2 aromatic heterocycles. The van der Waals surface area contributed by atoms with Gasteiger partial charge in [-0.2, -0.15) is 5.10 Å². The van der Waals surface area contributed by atoms with E-state index in [0.717, 1.165) is 28.3 Å². The standard InChI is InChI=1S/C18H19N3S2/c1-14-13-22-18(19-11-10-16-6-4-3-5-7-16)21(14)20-12-17-9-8-15(2)23-17/h3-9,12-13H,10-11H2,1-2H3. The van der Waals surface area contributed by atoms with E-state index in [4.69, 9.17) is 4.99 Å². The maximum atomic E-state index is 4.71. The van der Waals surface area contributed by atoms with E-state index < -0.39 is 0 Å². The van der Waals surface area contributed by atoms with Crippen molar-refractivity contribution < 1.29 is 0 Å². The first-order valence-corrected chi connectivity index (χ1v) is 9.24. The summed E-state index contributed by atoms with van der Waals surface area (Å²) in [5.74, 6) is 0. The molecule has 2 heterocycles. The molecule has 23 heavy (non-hydrogen) atoms. The van der Waals surface area contributed by atoms with E-state index in [0.29, 0.717) is 0 Å². The largest absolute Gasteiger partial charge is 0.257 e. The average molecular weight is 342 g/mol. The lowest BCUT2D eigenvalue weighted by molar-refractivity contribution is 0.783. The zero-order valence-corrected chi connectivity index (χ0v) is 14.9. The van der Waals surface area contributed by atoms with Gasteiger partial charge in [0.15, 0.2) is 0 Å². The van der Waals surface area contributed by atoms with Gasteiger partial charge in [0.05, 0.1) is 11.9 Å². The topological polar surface area (TPSA) is 29.6 Å². The smallest absolute Gasteiger partial charge is 0.205 e. The number of nitrogens with zero attached hydrogens (tertiary/aromatic N) is 3. The van der Waals surface area contributed by atoms with Crippen LogP contribution in [0.25, 0.3) is 0 Å². The van der Waals surface area contributed by atoms with Crippen LogP contribution >= 0.6 is 22.7 Å². The number of hydrogen-bond acceptors (Lipinski definition) is 4. The van der Waals surface area contributed by atoms with Gasteiger partial charge in [0.1, 0.15) is 0 Å². The minimum atomic E-state index is 0.775. The third-order valence-corrected chi connectivity index (χ3v) is 5.31. The van der Waals surface area contributed by atoms with E-state index in [-0.39, 0.29) is 0 Å². The number of thiazole rings is 1. The summed E-state index contributed by atoms with van der Waals surface area (Å²) in [5.41, 5.74) is 2.42. The fourth-order valence-corrected chi connectivity index (χ4v) is 3.77. The molecular formula is C18H19N3S2. The Morgan fingerprint density at radius 1 is 1.09 bits per heavy atom. The summed E-state index contributed by atoms with van der Waals surface area (Å²) < 4.78 is 1.92. The van der Waals surface area contributed by atoms with E-state index in [1.165, 1.54) is 10.4 Å². The van der Waals surface area contributed by atoms with Gasteiger partial charge in [0.25, 0.3) is 0 Å². The number of aromatic nitrogens is 1. The maximum Gasteiger partial charge on any atom is 0.205 e. The molecule has 3 nitrogen and oxygen atoms in total. The van der Waals surface area contributed by atoms with Crippen molar-refractivity contribution in [1.82, 2.24) is 4.68 Å². The third-order valence-electron chi connectivity index (χ3n) is 3.40. The van der Waals surface area contributed by atoms with E-state index in [1.54, 1.807) is 22.7 Å². The molecule has 0 unspecified atom stereocenters. The molecule has 0 spiro atoms.